The van der Waals surface area contributed by atoms with Crippen molar-refractivity contribution < 1.29 is 4.79 Å². The van der Waals surface area contributed by atoms with E-state index < -0.39 is 0 Å². The summed E-state index contributed by atoms with van der Waals surface area (Å²) in [6.45, 7) is 2.51. The Kier molecular flexibility index (Phi) is 5.46. The third-order valence-electron chi connectivity index (χ3n) is 4.47. The number of hydrogen-bond acceptors (Lipinski definition) is 3. The van der Waals surface area contributed by atoms with Gasteiger partial charge in [-0.3, -0.25) is 14.2 Å². The van der Waals surface area contributed by atoms with Crippen LogP contribution < -0.4 is 10.9 Å². The molecule has 1 aromatic heterocycles. The molecule has 1 N–H and O–H groups in total. The molecule has 0 saturated carbocycles. The second kappa shape index (κ2) is 7.95. The van der Waals surface area contributed by atoms with Crippen molar-refractivity contribution in [1.29, 1.82) is 0 Å². The van der Waals surface area contributed by atoms with Crippen molar-refractivity contribution in [3.05, 3.63) is 75.8 Å². The first-order valence-electron chi connectivity index (χ1n) is 8.81. The number of rotatable bonds is 6. The smallest absolute Gasteiger partial charge is 0.261 e. The number of aryl methyl sites for hydroxylation is 2. The molecule has 0 radical (unpaired) electrons. The monoisotopic (exact) mass is 349 g/mol. The number of fused-ring (bicyclic) bond motifs is 1. The van der Waals surface area contributed by atoms with Crippen LogP contribution in [0.25, 0.3) is 10.9 Å². The normalized spacial score (nSPS) is 10.8. The van der Waals surface area contributed by atoms with E-state index in [0.29, 0.717) is 36.1 Å². The highest BCUT2D eigenvalue weighted by Crippen LogP contribution is 2.08. The summed E-state index contributed by atoms with van der Waals surface area (Å²) in [6.07, 6.45) is 1.69. The van der Waals surface area contributed by atoms with Gasteiger partial charge in [0.2, 0.25) is 5.91 Å². The Morgan fingerprint density at radius 3 is 2.73 bits per heavy atom. The molecule has 1 amide bonds. The summed E-state index contributed by atoms with van der Waals surface area (Å²) < 4.78 is 1.56. The van der Waals surface area contributed by atoms with E-state index in [4.69, 9.17) is 0 Å². The molecule has 2 aromatic carbocycles. The summed E-state index contributed by atoms with van der Waals surface area (Å²) in [5.74, 6) is 0.685. The number of para-hydroxylation sites is 1. The van der Waals surface area contributed by atoms with Crippen molar-refractivity contribution in [2.45, 2.75) is 26.2 Å². The standard InChI is InChI=1S/C21H23N3O2/c1-15-6-5-7-16(14-15)10-11-20(25)22-13-12-19-23-18-9-4-3-8-17(18)21(26)24(19)2/h3-9,14H,10-13H2,1-2H3,(H,22,25). The number of nitrogens with zero attached hydrogens (tertiary/aromatic N) is 2. The van der Waals surface area contributed by atoms with Gasteiger partial charge in [0.25, 0.3) is 5.56 Å². The third kappa shape index (κ3) is 4.17. The second-order valence-corrected chi connectivity index (χ2v) is 6.50. The molecule has 26 heavy (non-hydrogen) atoms. The van der Waals surface area contributed by atoms with Gasteiger partial charge in [-0.2, -0.15) is 0 Å². The largest absolute Gasteiger partial charge is 0.356 e. The minimum Gasteiger partial charge on any atom is -0.356 e. The molecule has 3 rings (SSSR count). The van der Waals surface area contributed by atoms with Gasteiger partial charge in [-0.05, 0) is 31.0 Å². The lowest BCUT2D eigenvalue weighted by molar-refractivity contribution is -0.121. The molecule has 5 heteroatoms. The maximum Gasteiger partial charge on any atom is 0.261 e. The van der Waals surface area contributed by atoms with Gasteiger partial charge >= 0.3 is 0 Å². The Morgan fingerprint density at radius 2 is 1.92 bits per heavy atom. The summed E-state index contributed by atoms with van der Waals surface area (Å²) in [4.78, 5) is 29.0. The number of benzene rings is 2. The van der Waals surface area contributed by atoms with Crippen molar-refractivity contribution in [3.8, 4) is 0 Å². The number of aromatic nitrogens is 2. The van der Waals surface area contributed by atoms with Crippen LogP contribution in [0, 0.1) is 6.92 Å². The quantitative estimate of drug-likeness (QED) is 0.744. The predicted octanol–water partition coefficient (Wildman–Crippen LogP) is 2.53. The lowest BCUT2D eigenvalue weighted by atomic mass is 10.1. The van der Waals surface area contributed by atoms with Crippen LogP contribution in [0.2, 0.25) is 0 Å². The fraction of sp³-hybridized carbons (Fsp3) is 0.286. The highest BCUT2D eigenvalue weighted by atomic mass is 16.1. The summed E-state index contributed by atoms with van der Waals surface area (Å²) in [5.41, 5.74) is 3.00. The summed E-state index contributed by atoms with van der Waals surface area (Å²) in [5, 5.41) is 3.53. The number of carbonyl (C=O) groups excluding carboxylic acids is 1. The third-order valence-corrected chi connectivity index (χ3v) is 4.47. The van der Waals surface area contributed by atoms with Crippen molar-refractivity contribution in [1.82, 2.24) is 14.9 Å². The molecule has 3 aromatic rings. The SMILES string of the molecule is Cc1cccc(CCC(=O)NCCc2nc3ccccc3c(=O)n2C)c1. The van der Waals surface area contributed by atoms with Crippen LogP contribution in [0.15, 0.2) is 53.3 Å². The number of nitrogens with one attached hydrogen (secondary N) is 1. The van der Waals surface area contributed by atoms with Gasteiger partial charge in [0.15, 0.2) is 0 Å². The molecule has 0 bridgehead atoms. The van der Waals surface area contributed by atoms with Gasteiger partial charge < -0.3 is 5.32 Å². The number of hydrogen-bond donors (Lipinski definition) is 1. The van der Waals surface area contributed by atoms with Gasteiger partial charge in [0.1, 0.15) is 5.82 Å². The van der Waals surface area contributed by atoms with Crippen LogP contribution in [-0.2, 0) is 24.7 Å². The number of carbonyl (C=O) groups is 1. The summed E-state index contributed by atoms with van der Waals surface area (Å²) in [6, 6.07) is 15.5. The van der Waals surface area contributed by atoms with Crippen molar-refractivity contribution in [2.75, 3.05) is 6.54 Å². The van der Waals surface area contributed by atoms with E-state index in [1.54, 1.807) is 17.7 Å². The molecule has 0 saturated heterocycles. The second-order valence-electron chi connectivity index (χ2n) is 6.50. The molecule has 0 unspecified atom stereocenters. The van der Waals surface area contributed by atoms with Gasteiger partial charge in [0, 0.05) is 26.4 Å². The lowest BCUT2D eigenvalue weighted by Crippen LogP contribution is -2.29. The van der Waals surface area contributed by atoms with Gasteiger partial charge in [-0.25, -0.2) is 4.98 Å². The van der Waals surface area contributed by atoms with Gasteiger partial charge in [-0.15, -0.1) is 0 Å². The molecule has 5 nitrogen and oxygen atoms in total. The maximum absolute atomic E-state index is 12.4. The van der Waals surface area contributed by atoms with E-state index in [0.717, 1.165) is 6.42 Å². The topological polar surface area (TPSA) is 64.0 Å². The van der Waals surface area contributed by atoms with Crippen LogP contribution in [-0.4, -0.2) is 22.0 Å². The molecule has 0 fully saturated rings. The molecule has 0 aliphatic rings. The Hall–Kier alpha value is -2.95. The first-order chi connectivity index (χ1) is 12.5. The average Bonchev–Trinajstić information content (AvgIpc) is 2.64. The highest BCUT2D eigenvalue weighted by molar-refractivity contribution is 5.77. The Morgan fingerprint density at radius 1 is 1.12 bits per heavy atom. The average molecular weight is 349 g/mol. The minimum absolute atomic E-state index is 0.0114. The lowest BCUT2D eigenvalue weighted by Gasteiger charge is -2.10. The zero-order valence-corrected chi connectivity index (χ0v) is 15.2. The van der Waals surface area contributed by atoms with Crippen LogP contribution >= 0.6 is 0 Å². The predicted molar refractivity (Wildman–Crippen MR) is 103 cm³/mol. The van der Waals surface area contributed by atoms with E-state index in [-0.39, 0.29) is 11.5 Å². The highest BCUT2D eigenvalue weighted by Gasteiger charge is 2.08. The van der Waals surface area contributed by atoms with E-state index in [9.17, 15) is 9.59 Å². The zero-order chi connectivity index (χ0) is 18.5. The summed E-state index contributed by atoms with van der Waals surface area (Å²) in [7, 11) is 1.72. The maximum atomic E-state index is 12.4. The minimum atomic E-state index is -0.0589. The van der Waals surface area contributed by atoms with Crippen molar-refractivity contribution >= 4 is 16.8 Å². The Balaban J connectivity index is 1.56. The van der Waals surface area contributed by atoms with Crippen molar-refractivity contribution in [3.63, 3.8) is 0 Å². The van der Waals surface area contributed by atoms with Crippen LogP contribution in [0.5, 0.6) is 0 Å². The zero-order valence-electron chi connectivity index (χ0n) is 15.2. The first kappa shape index (κ1) is 17.9. The van der Waals surface area contributed by atoms with Crippen LogP contribution in [0.3, 0.4) is 0 Å². The van der Waals surface area contributed by atoms with E-state index in [1.807, 2.05) is 43.3 Å². The molecule has 1 heterocycles. The van der Waals surface area contributed by atoms with E-state index in [1.165, 1.54) is 11.1 Å². The molecule has 0 atom stereocenters. The Labute approximate surface area is 152 Å². The molecule has 0 spiro atoms. The van der Waals surface area contributed by atoms with Crippen molar-refractivity contribution in [2.24, 2.45) is 7.05 Å². The van der Waals surface area contributed by atoms with Crippen LogP contribution in [0.4, 0.5) is 0 Å². The Bertz CT molecular complexity index is 992. The van der Waals surface area contributed by atoms with Gasteiger partial charge in [-0.1, -0.05) is 42.0 Å². The number of amides is 1. The van der Waals surface area contributed by atoms with Gasteiger partial charge in [0.05, 0.1) is 10.9 Å². The fourth-order valence-electron chi connectivity index (χ4n) is 3.02. The summed E-state index contributed by atoms with van der Waals surface area (Å²) >= 11 is 0. The van der Waals surface area contributed by atoms with Crippen LogP contribution in [0.1, 0.15) is 23.4 Å². The molecular formula is C21H23N3O2. The molecule has 0 aliphatic heterocycles. The van der Waals surface area contributed by atoms with E-state index in [2.05, 4.69) is 16.4 Å². The molecule has 0 aliphatic carbocycles. The molecular weight excluding hydrogens is 326 g/mol. The van der Waals surface area contributed by atoms with E-state index >= 15 is 0 Å². The fourth-order valence-corrected chi connectivity index (χ4v) is 3.02. The first-order valence-corrected chi connectivity index (χ1v) is 8.81. The molecule has 134 valence electrons.